The van der Waals surface area contributed by atoms with Gasteiger partial charge < -0.3 is 10.2 Å². The Morgan fingerprint density at radius 2 is 0.690 bits per heavy atom. The quantitative estimate of drug-likeness (QED) is 0.201. The average molecular weight is 583 g/mol. The second kappa shape index (κ2) is 10.2. The first-order valence-electron chi connectivity index (χ1n) is 18.3. The van der Waals surface area contributed by atoms with Gasteiger partial charge in [0.25, 0.3) is 0 Å². The minimum Gasteiger partial charge on any atom is -0.481 e. The number of carboxylic acids is 2. The topological polar surface area (TPSA) is 74.6 Å². The summed E-state index contributed by atoms with van der Waals surface area (Å²) in [4.78, 5) is 27.1. The third-order valence-electron chi connectivity index (χ3n) is 14.8. The molecule has 0 heterocycles. The zero-order valence-corrected chi connectivity index (χ0v) is 27.7. The van der Waals surface area contributed by atoms with Crippen molar-refractivity contribution < 1.29 is 19.8 Å². The van der Waals surface area contributed by atoms with Crippen molar-refractivity contribution in [3.05, 3.63) is 0 Å². The lowest BCUT2D eigenvalue weighted by molar-refractivity contribution is -0.306. The van der Waals surface area contributed by atoms with Crippen molar-refractivity contribution in [2.45, 2.75) is 182 Å². The molecular weight excluding hydrogens is 520 g/mol. The second-order valence-electron chi connectivity index (χ2n) is 18.3. The van der Waals surface area contributed by atoms with Crippen molar-refractivity contribution >= 4 is 11.9 Å². The zero-order valence-electron chi connectivity index (χ0n) is 27.7. The van der Waals surface area contributed by atoms with Crippen LogP contribution < -0.4 is 0 Å². The Labute approximate surface area is 256 Å². The van der Waals surface area contributed by atoms with Crippen molar-refractivity contribution in [1.82, 2.24) is 0 Å². The summed E-state index contributed by atoms with van der Waals surface area (Å²) < 4.78 is 0. The molecule has 0 amide bonds. The number of unbranched alkanes of at least 4 members (excludes halogenated alkanes) is 4. The minimum atomic E-state index is -0.608. The molecule has 238 valence electrons. The molecule has 0 aromatic carbocycles. The van der Waals surface area contributed by atoms with Crippen molar-refractivity contribution in [2.24, 2.45) is 43.3 Å². The molecule has 8 aliphatic carbocycles. The molecular formula is C38H62O4. The third kappa shape index (κ3) is 4.47. The maximum Gasteiger partial charge on any atom is 0.309 e. The molecule has 42 heavy (non-hydrogen) atoms. The van der Waals surface area contributed by atoms with Crippen LogP contribution in [0, 0.1) is 43.3 Å². The summed E-state index contributed by atoms with van der Waals surface area (Å²) in [6, 6.07) is 0. The minimum absolute atomic E-state index is 0.0154. The fraction of sp³-hybridized carbons (Fsp3) is 0.947. The predicted molar refractivity (Wildman–Crippen MR) is 168 cm³/mol. The molecule has 4 heteroatoms. The van der Waals surface area contributed by atoms with Gasteiger partial charge >= 0.3 is 11.9 Å². The number of hydrogen-bond donors (Lipinski definition) is 2. The maximum absolute atomic E-state index is 13.5. The van der Waals surface area contributed by atoms with Crippen molar-refractivity contribution in [1.29, 1.82) is 0 Å². The van der Waals surface area contributed by atoms with Gasteiger partial charge in [-0.1, -0.05) is 79.1 Å². The Balaban J connectivity index is 1.54. The average Bonchev–Trinajstić information content (AvgIpc) is 2.91. The summed E-state index contributed by atoms with van der Waals surface area (Å²) in [5.41, 5.74) is -0.732. The highest BCUT2D eigenvalue weighted by molar-refractivity contribution is 5.77. The van der Waals surface area contributed by atoms with Crippen LogP contribution in [-0.2, 0) is 9.59 Å². The van der Waals surface area contributed by atoms with Crippen LogP contribution in [0.25, 0.3) is 0 Å². The van der Waals surface area contributed by atoms with Gasteiger partial charge in [-0.2, -0.15) is 0 Å². The van der Waals surface area contributed by atoms with E-state index in [0.29, 0.717) is 0 Å². The molecule has 4 nitrogen and oxygen atoms in total. The number of hydrogen-bond acceptors (Lipinski definition) is 2. The van der Waals surface area contributed by atoms with E-state index in [-0.39, 0.29) is 32.5 Å². The van der Waals surface area contributed by atoms with Crippen LogP contribution in [0.5, 0.6) is 0 Å². The summed E-state index contributed by atoms with van der Waals surface area (Å²) in [5.74, 6) is -1.04. The second-order valence-corrected chi connectivity index (χ2v) is 18.3. The molecule has 0 radical (unpaired) electrons. The lowest BCUT2D eigenvalue weighted by Gasteiger charge is -2.80. The molecule has 0 aromatic heterocycles. The van der Waals surface area contributed by atoms with E-state index in [1.165, 1.54) is 116 Å². The molecule has 4 unspecified atom stereocenters. The van der Waals surface area contributed by atoms with E-state index in [4.69, 9.17) is 0 Å². The van der Waals surface area contributed by atoms with Crippen LogP contribution in [0.2, 0.25) is 0 Å². The number of aliphatic carboxylic acids is 2. The molecule has 0 aromatic rings. The normalized spacial score (nSPS) is 48.2. The van der Waals surface area contributed by atoms with Gasteiger partial charge in [-0.05, 0) is 135 Å². The van der Waals surface area contributed by atoms with Crippen LogP contribution in [0.3, 0.4) is 0 Å². The Kier molecular flexibility index (Phi) is 7.54. The highest BCUT2D eigenvalue weighted by Gasteiger charge is 2.79. The standard InChI is InChI=1S/C38H62O4/c1-5-9-13-31-17-32(14-10-6-2)20-35(19-31,29(39)40)27-37(23-31,24-32)38-25-33(15-11-7-3)18-34(26-38,16-12-8-4)22-36(21-33,28-38)30(41)42/h5-28H2,1-4H3,(H,39,40)(H,41,42). The summed E-state index contributed by atoms with van der Waals surface area (Å²) >= 11 is 0. The van der Waals surface area contributed by atoms with Gasteiger partial charge in [0.2, 0.25) is 0 Å². The maximum atomic E-state index is 13.5. The Morgan fingerprint density at radius 3 is 0.905 bits per heavy atom. The third-order valence-corrected chi connectivity index (χ3v) is 14.8. The fourth-order valence-corrected chi connectivity index (χ4v) is 15.0. The van der Waals surface area contributed by atoms with E-state index in [1.807, 2.05) is 0 Å². The first kappa shape index (κ1) is 30.9. The van der Waals surface area contributed by atoms with E-state index in [9.17, 15) is 19.8 Å². The summed E-state index contributed by atoms with van der Waals surface area (Å²) in [6.45, 7) is 9.17. The first-order valence-corrected chi connectivity index (χ1v) is 18.3. The fourth-order valence-electron chi connectivity index (χ4n) is 15.0. The molecule has 0 aliphatic heterocycles. The molecule has 2 N–H and O–H groups in total. The molecule has 8 rings (SSSR count). The van der Waals surface area contributed by atoms with Crippen LogP contribution in [0.4, 0.5) is 0 Å². The first-order chi connectivity index (χ1) is 19.9. The van der Waals surface area contributed by atoms with Crippen molar-refractivity contribution in [3.63, 3.8) is 0 Å². The predicted octanol–water partition coefficient (Wildman–Crippen LogP) is 10.6. The van der Waals surface area contributed by atoms with Gasteiger partial charge in [0.15, 0.2) is 0 Å². The summed E-state index contributed by atoms with van der Waals surface area (Å²) in [6.07, 6.45) is 26.6. The SMILES string of the molecule is CCCCC12CC3(CCCC)CC(C(=O)O)(C1)CC(C14CC5(CCCC)CC(CCCC)(CC(C(=O)O)(C5)C1)C4)(C2)C3. The Morgan fingerprint density at radius 1 is 0.429 bits per heavy atom. The van der Waals surface area contributed by atoms with Crippen molar-refractivity contribution in [2.75, 3.05) is 0 Å². The summed E-state index contributed by atoms with van der Waals surface area (Å²) in [5, 5.41) is 22.3. The van der Waals surface area contributed by atoms with E-state index in [2.05, 4.69) is 27.7 Å². The van der Waals surface area contributed by atoms with E-state index in [1.54, 1.807) is 0 Å². The number of rotatable bonds is 15. The van der Waals surface area contributed by atoms with Crippen molar-refractivity contribution in [3.8, 4) is 0 Å². The molecule has 8 aliphatic rings. The highest BCUT2D eigenvalue weighted by Crippen LogP contribution is 2.86. The van der Waals surface area contributed by atoms with Gasteiger partial charge in [0, 0.05) is 0 Å². The Hall–Kier alpha value is -1.06. The summed E-state index contributed by atoms with van der Waals surface area (Å²) in [7, 11) is 0. The van der Waals surface area contributed by atoms with Gasteiger partial charge in [0.1, 0.15) is 0 Å². The van der Waals surface area contributed by atoms with Gasteiger partial charge in [0.05, 0.1) is 10.8 Å². The smallest absolute Gasteiger partial charge is 0.309 e. The number of carboxylic acid groups (broad SMARTS) is 2. The molecule has 8 fully saturated rings. The van der Waals surface area contributed by atoms with Gasteiger partial charge in [-0.25, -0.2) is 0 Å². The van der Waals surface area contributed by atoms with E-state index in [0.717, 1.165) is 38.5 Å². The monoisotopic (exact) mass is 582 g/mol. The van der Waals surface area contributed by atoms with Gasteiger partial charge in [-0.3, -0.25) is 9.59 Å². The molecule has 8 bridgehead atoms. The molecule has 0 spiro atoms. The van der Waals surface area contributed by atoms with Crippen LogP contribution in [0.1, 0.15) is 182 Å². The van der Waals surface area contributed by atoms with E-state index >= 15 is 0 Å². The molecule has 8 saturated carbocycles. The lowest BCUT2D eigenvalue weighted by atomic mass is 9.24. The van der Waals surface area contributed by atoms with E-state index < -0.39 is 22.8 Å². The van der Waals surface area contributed by atoms with Crippen LogP contribution in [-0.4, -0.2) is 22.2 Å². The zero-order chi connectivity index (χ0) is 30.1. The Bertz CT molecular complexity index is 941. The lowest BCUT2D eigenvalue weighted by Crippen LogP contribution is -2.73. The largest absolute Gasteiger partial charge is 0.481 e. The number of carbonyl (C=O) groups is 2. The molecule has 0 saturated heterocycles. The molecule has 4 atom stereocenters. The van der Waals surface area contributed by atoms with Gasteiger partial charge in [-0.15, -0.1) is 0 Å². The van der Waals surface area contributed by atoms with Crippen LogP contribution in [0.15, 0.2) is 0 Å². The van der Waals surface area contributed by atoms with Crippen LogP contribution >= 0.6 is 0 Å². The highest BCUT2D eigenvalue weighted by atomic mass is 16.4.